The first-order valence-electron chi connectivity index (χ1n) is 7.57. The number of hydrogen-bond donors (Lipinski definition) is 5. The molecule has 1 aromatic rings. The third kappa shape index (κ3) is 3.44. The molecule has 0 aliphatic carbocycles. The maximum Gasteiger partial charge on any atom is 0.229 e. The molecule has 7 heteroatoms. The van der Waals surface area contributed by atoms with Crippen molar-refractivity contribution in [2.75, 3.05) is 6.61 Å². The van der Waals surface area contributed by atoms with Crippen LogP contribution in [0.15, 0.2) is 12.1 Å². The summed E-state index contributed by atoms with van der Waals surface area (Å²) in [6, 6.07) is 3.03. The maximum atomic E-state index is 10.0. The van der Waals surface area contributed by atoms with Crippen LogP contribution in [0.1, 0.15) is 30.9 Å². The first-order chi connectivity index (χ1) is 10.8. The van der Waals surface area contributed by atoms with E-state index in [0.29, 0.717) is 16.9 Å². The Kier molecular flexibility index (Phi) is 5.49. The van der Waals surface area contributed by atoms with E-state index < -0.39 is 37.3 Å². The Morgan fingerprint density at radius 1 is 1.13 bits per heavy atom. The van der Waals surface area contributed by atoms with Crippen LogP contribution in [0.2, 0.25) is 0 Å². The summed E-state index contributed by atoms with van der Waals surface area (Å²) < 4.78 is 11.0. The molecular formula is C16H24O7. The molecule has 1 aromatic carbocycles. The van der Waals surface area contributed by atoms with Gasteiger partial charge in [-0.15, -0.1) is 0 Å². The number of hydrogen-bond acceptors (Lipinski definition) is 7. The standard InChI is InChI=1S/C16H24O7/c1-7(2)12-8(3)10(5-4-9(12)18)22-16-15(21)14(20)13(19)11(6-17)23-16/h4-5,7,11,13-21H,6H2,1-3H3/t11-,13-,14+,15-,16-/m1/s1. The molecule has 1 fully saturated rings. The van der Waals surface area contributed by atoms with Gasteiger partial charge in [-0.05, 0) is 30.5 Å². The van der Waals surface area contributed by atoms with Gasteiger partial charge in [-0.25, -0.2) is 0 Å². The van der Waals surface area contributed by atoms with Crippen LogP contribution in [0.5, 0.6) is 11.5 Å². The largest absolute Gasteiger partial charge is 0.508 e. The van der Waals surface area contributed by atoms with E-state index in [0.717, 1.165) is 0 Å². The zero-order valence-corrected chi connectivity index (χ0v) is 13.4. The highest BCUT2D eigenvalue weighted by Gasteiger charge is 2.44. The summed E-state index contributed by atoms with van der Waals surface area (Å²) in [4.78, 5) is 0. The lowest BCUT2D eigenvalue weighted by Crippen LogP contribution is -2.60. The SMILES string of the molecule is Cc1c(O[C@@H]2O[C@H](CO)[C@@H](O)[C@H](O)[C@H]2O)ccc(O)c1C(C)C. The second-order valence-corrected chi connectivity index (χ2v) is 6.09. The molecule has 5 atom stereocenters. The molecule has 0 aromatic heterocycles. The minimum absolute atomic E-state index is 0.0633. The van der Waals surface area contributed by atoms with Crippen molar-refractivity contribution in [2.45, 2.75) is 57.4 Å². The van der Waals surface area contributed by atoms with Gasteiger partial charge in [0.2, 0.25) is 6.29 Å². The van der Waals surface area contributed by atoms with E-state index in [9.17, 15) is 25.5 Å². The van der Waals surface area contributed by atoms with E-state index in [-0.39, 0.29) is 11.7 Å². The predicted molar refractivity (Wildman–Crippen MR) is 81.3 cm³/mol. The molecule has 1 aliphatic heterocycles. The van der Waals surface area contributed by atoms with Gasteiger partial charge in [0.05, 0.1) is 6.61 Å². The van der Waals surface area contributed by atoms with Crippen LogP contribution < -0.4 is 4.74 Å². The van der Waals surface area contributed by atoms with Crippen molar-refractivity contribution in [1.82, 2.24) is 0 Å². The summed E-state index contributed by atoms with van der Waals surface area (Å²) in [7, 11) is 0. The molecule has 0 amide bonds. The first kappa shape index (κ1) is 18.0. The number of aromatic hydroxyl groups is 1. The molecule has 5 N–H and O–H groups in total. The smallest absolute Gasteiger partial charge is 0.229 e. The molecule has 0 radical (unpaired) electrons. The number of benzene rings is 1. The van der Waals surface area contributed by atoms with E-state index in [1.807, 2.05) is 13.8 Å². The number of aliphatic hydroxyl groups is 4. The van der Waals surface area contributed by atoms with Crippen LogP contribution in [0.3, 0.4) is 0 Å². The molecule has 7 nitrogen and oxygen atoms in total. The van der Waals surface area contributed by atoms with Crippen molar-refractivity contribution in [3.05, 3.63) is 23.3 Å². The lowest BCUT2D eigenvalue weighted by molar-refractivity contribution is -0.277. The molecular weight excluding hydrogens is 304 g/mol. The average molecular weight is 328 g/mol. The van der Waals surface area contributed by atoms with Gasteiger partial charge >= 0.3 is 0 Å². The summed E-state index contributed by atoms with van der Waals surface area (Å²) in [6.07, 6.45) is -6.66. The van der Waals surface area contributed by atoms with Crippen LogP contribution >= 0.6 is 0 Å². The van der Waals surface area contributed by atoms with Crippen molar-refractivity contribution in [3.63, 3.8) is 0 Å². The second-order valence-electron chi connectivity index (χ2n) is 6.09. The Balaban J connectivity index is 2.26. The highest BCUT2D eigenvalue weighted by atomic mass is 16.7. The van der Waals surface area contributed by atoms with Crippen LogP contribution in [0.4, 0.5) is 0 Å². The van der Waals surface area contributed by atoms with E-state index in [2.05, 4.69) is 0 Å². The molecule has 0 bridgehead atoms. The fraction of sp³-hybridized carbons (Fsp3) is 0.625. The number of aliphatic hydroxyl groups excluding tert-OH is 4. The van der Waals surface area contributed by atoms with Crippen LogP contribution in [-0.4, -0.2) is 62.8 Å². The topological polar surface area (TPSA) is 120 Å². The Morgan fingerprint density at radius 3 is 2.35 bits per heavy atom. The highest BCUT2D eigenvalue weighted by Crippen LogP contribution is 2.35. The molecule has 23 heavy (non-hydrogen) atoms. The van der Waals surface area contributed by atoms with Gasteiger partial charge in [-0.3, -0.25) is 0 Å². The van der Waals surface area contributed by atoms with E-state index in [1.165, 1.54) is 12.1 Å². The summed E-state index contributed by atoms with van der Waals surface area (Å²) in [5, 5.41) is 48.7. The Labute approximate surface area is 134 Å². The second kappa shape index (κ2) is 7.02. The summed E-state index contributed by atoms with van der Waals surface area (Å²) in [6.45, 7) is 5.12. The van der Waals surface area contributed by atoms with Gasteiger partial charge in [0.25, 0.3) is 0 Å². The maximum absolute atomic E-state index is 10.0. The quantitative estimate of drug-likeness (QED) is 0.528. The van der Waals surface area contributed by atoms with Crippen molar-refractivity contribution in [2.24, 2.45) is 0 Å². The monoisotopic (exact) mass is 328 g/mol. The molecule has 2 rings (SSSR count). The third-order valence-electron chi connectivity index (χ3n) is 4.11. The molecule has 0 unspecified atom stereocenters. The number of phenols is 1. The highest BCUT2D eigenvalue weighted by molar-refractivity contribution is 5.48. The van der Waals surface area contributed by atoms with Crippen LogP contribution in [-0.2, 0) is 4.74 Å². The molecule has 1 aliphatic rings. The fourth-order valence-corrected chi connectivity index (χ4v) is 2.84. The zero-order chi connectivity index (χ0) is 17.3. The summed E-state index contributed by atoms with van der Waals surface area (Å²) in [5.41, 5.74) is 1.41. The number of ether oxygens (including phenoxy) is 2. The van der Waals surface area contributed by atoms with Crippen molar-refractivity contribution in [1.29, 1.82) is 0 Å². The Hall–Kier alpha value is -1.38. The molecule has 1 heterocycles. The summed E-state index contributed by atoms with van der Waals surface area (Å²) in [5.74, 6) is 0.600. The molecule has 0 saturated carbocycles. The van der Waals surface area contributed by atoms with Crippen molar-refractivity contribution in [3.8, 4) is 11.5 Å². The van der Waals surface area contributed by atoms with Crippen LogP contribution in [0.25, 0.3) is 0 Å². The minimum Gasteiger partial charge on any atom is -0.508 e. The first-order valence-corrected chi connectivity index (χ1v) is 7.57. The average Bonchev–Trinajstić information content (AvgIpc) is 2.50. The number of rotatable bonds is 4. The van der Waals surface area contributed by atoms with Crippen molar-refractivity contribution < 1.29 is 35.0 Å². The van der Waals surface area contributed by atoms with Crippen molar-refractivity contribution >= 4 is 0 Å². The van der Waals surface area contributed by atoms with Crippen LogP contribution in [0, 0.1) is 6.92 Å². The molecule has 1 saturated heterocycles. The molecule has 0 spiro atoms. The van der Waals surface area contributed by atoms with Gasteiger partial charge in [-0.1, -0.05) is 13.8 Å². The minimum atomic E-state index is -1.49. The molecule has 130 valence electrons. The lowest BCUT2D eigenvalue weighted by atomic mass is 9.96. The number of phenolic OH excluding ortho intramolecular Hbond substituents is 1. The Bertz CT molecular complexity index is 543. The van der Waals surface area contributed by atoms with Gasteiger partial charge in [0, 0.05) is 5.56 Å². The predicted octanol–water partition coefficient (Wildman–Crippen LogP) is 0.00272. The fourth-order valence-electron chi connectivity index (χ4n) is 2.84. The zero-order valence-electron chi connectivity index (χ0n) is 13.4. The van der Waals surface area contributed by atoms with E-state index >= 15 is 0 Å². The third-order valence-corrected chi connectivity index (χ3v) is 4.11. The van der Waals surface area contributed by atoms with E-state index in [1.54, 1.807) is 6.92 Å². The summed E-state index contributed by atoms with van der Waals surface area (Å²) >= 11 is 0. The lowest BCUT2D eigenvalue weighted by Gasteiger charge is -2.39. The van der Waals surface area contributed by atoms with E-state index in [4.69, 9.17) is 9.47 Å². The van der Waals surface area contributed by atoms with Gasteiger partial charge < -0.3 is 35.0 Å². The Morgan fingerprint density at radius 2 is 1.78 bits per heavy atom. The van der Waals surface area contributed by atoms with Gasteiger partial charge in [0.1, 0.15) is 35.9 Å². The normalized spacial score (nSPS) is 31.4. The van der Waals surface area contributed by atoms with Gasteiger partial charge in [-0.2, -0.15) is 0 Å². The van der Waals surface area contributed by atoms with Gasteiger partial charge in [0.15, 0.2) is 0 Å².